The zero-order valence-corrected chi connectivity index (χ0v) is 13.5. The highest BCUT2D eigenvalue weighted by Crippen LogP contribution is 2.18. The second-order valence-electron chi connectivity index (χ2n) is 6.23. The minimum absolute atomic E-state index is 0.0364. The Morgan fingerprint density at radius 1 is 1.29 bits per heavy atom. The molecule has 0 aromatic rings. The molecule has 1 rings (SSSR count). The quantitative estimate of drug-likeness (QED) is 0.614. The molecular weight excluding hydrogens is 268 g/mol. The smallest absolute Gasteiger partial charge is 0.237 e. The van der Waals surface area contributed by atoms with E-state index in [9.17, 15) is 9.59 Å². The first-order chi connectivity index (χ1) is 9.95. The normalized spacial score (nSPS) is 21.1. The molecule has 122 valence electrons. The Morgan fingerprint density at radius 2 is 2.00 bits per heavy atom. The number of piperidine rings is 1. The van der Waals surface area contributed by atoms with Crippen molar-refractivity contribution in [3.63, 3.8) is 0 Å². The third kappa shape index (κ3) is 6.01. The molecule has 0 radical (unpaired) electrons. The number of hydrogen-bond acceptors (Lipinski definition) is 4. The molecule has 1 aliphatic heterocycles. The van der Waals surface area contributed by atoms with Gasteiger partial charge in [0.05, 0.1) is 12.0 Å². The minimum Gasteiger partial charge on any atom is -0.355 e. The first-order valence-corrected chi connectivity index (χ1v) is 7.95. The van der Waals surface area contributed by atoms with Gasteiger partial charge in [-0.1, -0.05) is 13.8 Å². The van der Waals surface area contributed by atoms with Crippen LogP contribution in [-0.2, 0) is 9.59 Å². The number of likely N-dealkylation sites (tertiary alicyclic amines) is 1. The molecular formula is C15H30N4O2. The number of nitrogens with two attached hydrogens (primary N) is 1. The maximum Gasteiger partial charge on any atom is 0.237 e. The van der Waals surface area contributed by atoms with E-state index in [1.807, 2.05) is 6.92 Å². The lowest BCUT2D eigenvalue weighted by molar-refractivity contribution is -0.131. The van der Waals surface area contributed by atoms with E-state index < -0.39 is 0 Å². The van der Waals surface area contributed by atoms with E-state index >= 15 is 0 Å². The number of carbonyl (C=O) groups is 2. The number of hydrogen-bond donors (Lipinski definition) is 3. The highest BCUT2D eigenvalue weighted by Gasteiger charge is 2.30. The molecule has 1 heterocycles. The highest BCUT2D eigenvalue weighted by molar-refractivity contribution is 5.82. The number of rotatable bonds is 7. The first kappa shape index (κ1) is 17.9. The van der Waals surface area contributed by atoms with E-state index in [2.05, 4.69) is 29.4 Å². The summed E-state index contributed by atoms with van der Waals surface area (Å²) in [6, 6.07) is -0.186. The Balaban J connectivity index is 2.47. The van der Waals surface area contributed by atoms with E-state index in [1.165, 1.54) is 0 Å². The Kier molecular flexibility index (Phi) is 7.67. The lowest BCUT2D eigenvalue weighted by Gasteiger charge is -2.35. The van der Waals surface area contributed by atoms with Crippen LogP contribution in [0.25, 0.3) is 0 Å². The standard InChI is InChI=1S/C15H30N4O2/c1-11(2)9-18-14(20)12(3)19-8-4-5-13(10-19)15(21)17-7-6-16/h11-13H,4-10,16H2,1-3H3,(H,17,21)(H,18,20). The largest absolute Gasteiger partial charge is 0.355 e. The monoisotopic (exact) mass is 298 g/mol. The predicted octanol–water partition coefficient (Wildman–Crippen LogP) is -0.0660. The fourth-order valence-corrected chi connectivity index (χ4v) is 2.53. The maximum absolute atomic E-state index is 12.1. The third-order valence-corrected chi connectivity index (χ3v) is 3.88. The van der Waals surface area contributed by atoms with Gasteiger partial charge < -0.3 is 16.4 Å². The van der Waals surface area contributed by atoms with Crippen molar-refractivity contribution in [2.24, 2.45) is 17.6 Å². The van der Waals surface area contributed by atoms with Crippen LogP contribution >= 0.6 is 0 Å². The van der Waals surface area contributed by atoms with Crippen LogP contribution in [0.3, 0.4) is 0 Å². The van der Waals surface area contributed by atoms with E-state index in [4.69, 9.17) is 5.73 Å². The molecule has 0 spiro atoms. The first-order valence-electron chi connectivity index (χ1n) is 7.95. The lowest BCUT2D eigenvalue weighted by Crippen LogP contribution is -2.52. The van der Waals surface area contributed by atoms with Gasteiger partial charge >= 0.3 is 0 Å². The van der Waals surface area contributed by atoms with Crippen LogP contribution in [-0.4, -0.2) is 55.5 Å². The predicted molar refractivity (Wildman–Crippen MR) is 83.7 cm³/mol. The van der Waals surface area contributed by atoms with Gasteiger partial charge in [0.1, 0.15) is 0 Å². The van der Waals surface area contributed by atoms with E-state index in [1.54, 1.807) is 0 Å². The summed E-state index contributed by atoms with van der Waals surface area (Å²) in [5.74, 6) is 0.509. The zero-order valence-electron chi connectivity index (χ0n) is 13.5. The van der Waals surface area contributed by atoms with Crippen molar-refractivity contribution in [2.75, 3.05) is 32.7 Å². The maximum atomic E-state index is 12.1. The van der Waals surface area contributed by atoms with Crippen LogP contribution < -0.4 is 16.4 Å². The summed E-state index contributed by atoms with van der Waals surface area (Å²) in [6.07, 6.45) is 1.83. The molecule has 1 aliphatic rings. The van der Waals surface area contributed by atoms with Crippen molar-refractivity contribution < 1.29 is 9.59 Å². The fourth-order valence-electron chi connectivity index (χ4n) is 2.53. The number of nitrogens with zero attached hydrogens (tertiary/aromatic N) is 1. The van der Waals surface area contributed by atoms with Gasteiger partial charge in [-0.05, 0) is 32.2 Å². The average molecular weight is 298 g/mol. The van der Waals surface area contributed by atoms with Crippen LogP contribution in [0.5, 0.6) is 0 Å². The molecule has 6 nitrogen and oxygen atoms in total. The number of carbonyl (C=O) groups excluding carboxylic acids is 2. The Hall–Kier alpha value is -1.14. The van der Waals surface area contributed by atoms with Gasteiger partial charge in [-0.3, -0.25) is 14.5 Å². The Labute approximate surface area is 127 Å². The summed E-state index contributed by atoms with van der Waals surface area (Å²) in [5.41, 5.74) is 5.40. The van der Waals surface area contributed by atoms with Crippen LogP contribution in [0.4, 0.5) is 0 Å². The van der Waals surface area contributed by atoms with Crippen molar-refractivity contribution in [1.29, 1.82) is 0 Å². The van der Waals surface area contributed by atoms with Crippen LogP contribution in [0.1, 0.15) is 33.6 Å². The Bertz CT molecular complexity index is 347. The van der Waals surface area contributed by atoms with E-state index in [0.29, 0.717) is 32.1 Å². The number of nitrogens with one attached hydrogen (secondary N) is 2. The van der Waals surface area contributed by atoms with Gasteiger partial charge in [0.15, 0.2) is 0 Å². The molecule has 21 heavy (non-hydrogen) atoms. The second-order valence-corrected chi connectivity index (χ2v) is 6.23. The molecule has 0 saturated carbocycles. The molecule has 2 amide bonds. The Morgan fingerprint density at radius 3 is 2.62 bits per heavy atom. The summed E-state index contributed by atoms with van der Waals surface area (Å²) >= 11 is 0. The number of amides is 2. The summed E-state index contributed by atoms with van der Waals surface area (Å²) < 4.78 is 0. The molecule has 2 unspecified atom stereocenters. The molecule has 0 aromatic heterocycles. The molecule has 2 atom stereocenters. The van der Waals surface area contributed by atoms with Gasteiger partial charge in [0.25, 0.3) is 0 Å². The summed E-state index contributed by atoms with van der Waals surface area (Å²) in [5, 5.41) is 5.80. The van der Waals surface area contributed by atoms with Crippen LogP contribution in [0.2, 0.25) is 0 Å². The van der Waals surface area contributed by atoms with Crippen molar-refractivity contribution in [2.45, 2.75) is 39.7 Å². The topological polar surface area (TPSA) is 87.5 Å². The van der Waals surface area contributed by atoms with Crippen LogP contribution in [0, 0.1) is 11.8 Å². The molecule has 0 bridgehead atoms. The molecule has 6 heteroatoms. The van der Waals surface area contributed by atoms with Crippen molar-refractivity contribution in [3.8, 4) is 0 Å². The van der Waals surface area contributed by atoms with Gasteiger partial charge in [0.2, 0.25) is 11.8 Å². The van der Waals surface area contributed by atoms with Gasteiger partial charge in [0, 0.05) is 26.2 Å². The molecule has 0 aromatic carbocycles. The third-order valence-electron chi connectivity index (χ3n) is 3.88. The highest BCUT2D eigenvalue weighted by atomic mass is 16.2. The van der Waals surface area contributed by atoms with Gasteiger partial charge in [-0.2, -0.15) is 0 Å². The fraction of sp³-hybridized carbons (Fsp3) is 0.867. The minimum atomic E-state index is -0.186. The zero-order chi connectivity index (χ0) is 15.8. The summed E-state index contributed by atoms with van der Waals surface area (Å²) in [4.78, 5) is 26.2. The molecule has 1 saturated heterocycles. The molecule has 1 fully saturated rings. The molecule has 4 N–H and O–H groups in total. The lowest BCUT2D eigenvalue weighted by atomic mass is 9.96. The van der Waals surface area contributed by atoms with Crippen LogP contribution in [0.15, 0.2) is 0 Å². The van der Waals surface area contributed by atoms with Crippen molar-refractivity contribution in [1.82, 2.24) is 15.5 Å². The summed E-state index contributed by atoms with van der Waals surface area (Å²) in [7, 11) is 0. The van der Waals surface area contributed by atoms with E-state index in [0.717, 1.165) is 19.4 Å². The second kappa shape index (κ2) is 9.00. The van der Waals surface area contributed by atoms with Gasteiger partial charge in [-0.15, -0.1) is 0 Å². The van der Waals surface area contributed by atoms with E-state index in [-0.39, 0.29) is 23.8 Å². The summed E-state index contributed by atoms with van der Waals surface area (Å²) in [6.45, 7) is 9.24. The average Bonchev–Trinajstić information content (AvgIpc) is 2.49. The SMILES string of the molecule is CC(C)CNC(=O)C(C)N1CCCC(C(=O)NCCN)C1. The van der Waals surface area contributed by atoms with Gasteiger partial charge in [-0.25, -0.2) is 0 Å². The molecule has 0 aliphatic carbocycles. The van der Waals surface area contributed by atoms with Crippen molar-refractivity contribution in [3.05, 3.63) is 0 Å². The van der Waals surface area contributed by atoms with Crippen molar-refractivity contribution >= 4 is 11.8 Å².